The number of H-pyrrole nitrogens is 1. The fourth-order valence-electron chi connectivity index (χ4n) is 8.17. The van der Waals surface area contributed by atoms with Crippen molar-refractivity contribution in [2.24, 2.45) is 0 Å². The van der Waals surface area contributed by atoms with E-state index in [0.717, 1.165) is 16.7 Å². The molecule has 6 N–H and O–H groups in total. The van der Waals surface area contributed by atoms with Crippen LogP contribution in [0.5, 0.6) is 11.5 Å². The molecule has 0 spiro atoms. The molecule has 20 nitrogen and oxygen atoms in total. The number of phosphoric ester groups is 1. The fourth-order valence-corrected chi connectivity index (χ4v) is 11.2. The van der Waals surface area contributed by atoms with Crippen LogP contribution >= 0.6 is 23.5 Å². The summed E-state index contributed by atoms with van der Waals surface area (Å²) in [6.45, 7) is -1.80. The van der Waals surface area contributed by atoms with Gasteiger partial charge in [0.2, 0.25) is 5.95 Å². The van der Waals surface area contributed by atoms with Gasteiger partial charge in [-0.2, -0.15) is 13.6 Å². The van der Waals surface area contributed by atoms with Crippen molar-refractivity contribution < 1.29 is 65.4 Å². The maximum Gasteiger partial charge on any atom is 0.490 e. The number of hydrogen-bond donors (Lipinski definition) is 6. The van der Waals surface area contributed by atoms with Gasteiger partial charge in [0, 0.05) is 0 Å². The summed E-state index contributed by atoms with van der Waals surface area (Å²) in [5.74, 6) is 1.24. The molecule has 23 heteroatoms. The molecule has 2 aromatic heterocycles. The Kier molecular flexibility index (Phi) is 15.8. The quantitative estimate of drug-likeness (QED) is 0.0260. The van der Waals surface area contributed by atoms with E-state index in [0.29, 0.717) is 28.2 Å². The largest absolute Gasteiger partial charge is 0.497 e. The second-order valence-corrected chi connectivity index (χ2v) is 20.3. The van der Waals surface area contributed by atoms with E-state index >= 15 is 0 Å². The van der Waals surface area contributed by atoms with Crippen molar-refractivity contribution in [1.29, 1.82) is 0 Å². The number of anilines is 1. The van der Waals surface area contributed by atoms with E-state index in [4.69, 9.17) is 38.2 Å². The first-order valence-corrected chi connectivity index (χ1v) is 26.3. The number of phosphoric acid groups is 3. The smallest absolute Gasteiger partial charge is 0.490 e. The van der Waals surface area contributed by atoms with Crippen LogP contribution in [0.1, 0.15) is 33.4 Å². The third-order valence-corrected chi connectivity index (χ3v) is 15.2. The van der Waals surface area contributed by atoms with Gasteiger partial charge >= 0.3 is 23.5 Å². The molecule has 0 amide bonds. The Balaban J connectivity index is 1.17. The van der Waals surface area contributed by atoms with Gasteiger partial charge < -0.3 is 43.8 Å². The van der Waals surface area contributed by atoms with Crippen LogP contribution in [0.4, 0.5) is 5.95 Å². The lowest BCUT2D eigenvalue weighted by molar-refractivity contribution is -0.0958. The summed E-state index contributed by atoms with van der Waals surface area (Å²) in [4.78, 5) is 64.6. The van der Waals surface area contributed by atoms with Gasteiger partial charge in [0.25, 0.3) is 5.56 Å². The van der Waals surface area contributed by atoms with Crippen molar-refractivity contribution in [2.45, 2.75) is 24.0 Å². The SMILES string of the molecule is COc1ccc(C(Nc2nc3c(ncn3COC(COC(c3ccccc3)(c3ccccc3)c3ccc(OC)cc3)COP(=O)(O)OP(=O)(O)OP(=O)(O)O)c(=O)[nH]2)(c2ccccc2)c2ccccc2)cc1. The van der Waals surface area contributed by atoms with Crippen LogP contribution in [0.25, 0.3) is 11.2 Å². The van der Waals surface area contributed by atoms with Crippen LogP contribution in [0.15, 0.2) is 181 Å². The number of hydrogen-bond acceptors (Lipinski definition) is 14. The molecule has 374 valence electrons. The average Bonchev–Trinajstić information content (AvgIpc) is 3.79. The monoisotopic (exact) mass is 1040 g/mol. The summed E-state index contributed by atoms with van der Waals surface area (Å²) in [5.41, 5.74) is 1.17. The second-order valence-electron chi connectivity index (χ2n) is 15.9. The van der Waals surface area contributed by atoms with Crippen LogP contribution in [0.3, 0.4) is 0 Å². The normalized spacial score (nSPS) is 14.2. The highest BCUT2D eigenvalue weighted by molar-refractivity contribution is 7.66. The molecule has 8 rings (SSSR count). The van der Waals surface area contributed by atoms with E-state index in [-0.39, 0.29) is 17.1 Å². The number of methoxy groups -OCH3 is 2. The standard InChI is InChI=1S/C49H48N5O15P3/c1-63-41-27-23-37(24-28-41)48(35-15-7-3-8-16-35,36-17-9-4-10-18-36)53-47-51-45-44(46(55)52-47)50-33-54(45)34-65-43(32-67-71(59,60)69-72(61,62)68-70(56,57)58)31-66-49(38-19-11-5-12-20-38,39-21-13-6-14-22-39)40-25-29-42(64-2)30-26-40/h3-30,33,43H,31-32,34H2,1-2H3,(H,59,60)(H,61,62)(H2,56,57,58)(H2,51,52,53,55). The Morgan fingerprint density at radius 1 is 0.611 bits per heavy atom. The van der Waals surface area contributed by atoms with E-state index in [1.807, 2.05) is 158 Å². The summed E-state index contributed by atoms with van der Waals surface area (Å²) in [6.07, 6.45) is -0.0756. The summed E-state index contributed by atoms with van der Waals surface area (Å²) >= 11 is 0. The van der Waals surface area contributed by atoms with E-state index in [9.17, 15) is 28.3 Å². The molecule has 0 saturated heterocycles. The van der Waals surface area contributed by atoms with Crippen molar-refractivity contribution in [3.05, 3.63) is 220 Å². The highest BCUT2D eigenvalue weighted by Crippen LogP contribution is 2.66. The van der Waals surface area contributed by atoms with Crippen LogP contribution in [0, 0.1) is 0 Å². The number of ether oxygens (including phenoxy) is 4. The number of nitrogens with one attached hydrogen (secondary N) is 2. The van der Waals surface area contributed by atoms with Gasteiger partial charge in [-0.3, -0.25) is 18.9 Å². The highest BCUT2D eigenvalue weighted by atomic mass is 31.3. The fraction of sp³-hybridized carbons (Fsp3) is 0.163. The number of nitrogens with zero attached hydrogens (tertiary/aromatic N) is 3. The van der Waals surface area contributed by atoms with Crippen molar-refractivity contribution in [3.8, 4) is 11.5 Å². The zero-order valence-corrected chi connectivity index (χ0v) is 41.1. The zero-order chi connectivity index (χ0) is 51.0. The summed E-state index contributed by atoms with van der Waals surface area (Å²) in [5, 5.41) is 3.54. The minimum Gasteiger partial charge on any atom is -0.497 e. The molecule has 3 atom stereocenters. The van der Waals surface area contributed by atoms with Crippen molar-refractivity contribution in [1.82, 2.24) is 19.5 Å². The summed E-state index contributed by atoms with van der Waals surface area (Å²) in [6, 6.07) is 52.1. The number of benzene rings is 6. The molecule has 0 bridgehead atoms. The first kappa shape index (κ1) is 51.7. The third kappa shape index (κ3) is 11.8. The molecule has 72 heavy (non-hydrogen) atoms. The molecule has 0 aliphatic carbocycles. The lowest BCUT2D eigenvalue weighted by atomic mass is 9.77. The number of fused-ring (bicyclic) bond motifs is 1. The first-order chi connectivity index (χ1) is 34.5. The Hall–Kier alpha value is -6.60. The topological polar surface area (TPSA) is 272 Å². The highest BCUT2D eigenvalue weighted by Gasteiger charge is 2.43. The predicted molar refractivity (Wildman–Crippen MR) is 264 cm³/mol. The Bertz CT molecular complexity index is 3200. The molecule has 0 fully saturated rings. The maximum atomic E-state index is 13.9. The predicted octanol–water partition coefficient (Wildman–Crippen LogP) is 8.24. The number of rotatable bonds is 23. The van der Waals surface area contributed by atoms with E-state index in [2.05, 4.69) is 23.9 Å². The molecule has 0 aliphatic heterocycles. The molecule has 2 heterocycles. The molecule has 6 aromatic carbocycles. The maximum absolute atomic E-state index is 13.9. The second kappa shape index (κ2) is 22.0. The molecular weight excluding hydrogens is 991 g/mol. The van der Waals surface area contributed by atoms with Crippen LogP contribution in [-0.4, -0.2) is 72.6 Å². The molecule has 0 aliphatic rings. The van der Waals surface area contributed by atoms with Crippen LogP contribution in [-0.2, 0) is 54.2 Å². The Labute approximate surface area is 412 Å². The van der Waals surface area contributed by atoms with Gasteiger partial charge in [0.1, 0.15) is 35.5 Å². The molecule has 0 saturated carbocycles. The van der Waals surface area contributed by atoms with Crippen molar-refractivity contribution in [2.75, 3.05) is 32.8 Å². The molecule has 0 radical (unpaired) electrons. The minimum atomic E-state index is -5.88. The van der Waals surface area contributed by atoms with Crippen LogP contribution in [0.2, 0.25) is 0 Å². The third-order valence-electron chi connectivity index (χ3n) is 11.3. The number of aromatic amines is 1. The van der Waals surface area contributed by atoms with E-state index in [1.54, 1.807) is 19.2 Å². The number of aromatic nitrogens is 4. The number of imidazole rings is 1. The molecular formula is C49H48N5O15P3. The minimum absolute atomic E-state index is 0.0420. The molecule has 8 aromatic rings. The van der Waals surface area contributed by atoms with Gasteiger partial charge in [-0.25, -0.2) is 18.7 Å². The lowest BCUT2D eigenvalue weighted by Crippen LogP contribution is -2.39. The van der Waals surface area contributed by atoms with Crippen molar-refractivity contribution >= 4 is 40.6 Å². The lowest BCUT2D eigenvalue weighted by Gasteiger charge is -2.37. The zero-order valence-electron chi connectivity index (χ0n) is 38.4. The molecule has 3 unspecified atom stereocenters. The Morgan fingerprint density at radius 2 is 1.07 bits per heavy atom. The summed E-state index contributed by atoms with van der Waals surface area (Å²) < 4.78 is 75.5. The van der Waals surface area contributed by atoms with Crippen molar-refractivity contribution in [3.63, 3.8) is 0 Å². The average molecular weight is 1040 g/mol. The van der Waals surface area contributed by atoms with E-state index in [1.165, 1.54) is 18.0 Å². The van der Waals surface area contributed by atoms with Gasteiger partial charge in [-0.15, -0.1) is 0 Å². The van der Waals surface area contributed by atoms with Gasteiger partial charge in [-0.1, -0.05) is 146 Å². The van der Waals surface area contributed by atoms with Crippen LogP contribution < -0.4 is 20.3 Å². The Morgan fingerprint density at radius 3 is 1.56 bits per heavy atom. The van der Waals surface area contributed by atoms with Gasteiger partial charge in [0.15, 0.2) is 11.2 Å². The van der Waals surface area contributed by atoms with Gasteiger partial charge in [-0.05, 0) is 57.6 Å². The first-order valence-electron chi connectivity index (χ1n) is 21.8. The summed E-state index contributed by atoms with van der Waals surface area (Å²) in [7, 11) is -14.1. The van der Waals surface area contributed by atoms with E-state index < -0.39 is 66.2 Å². The van der Waals surface area contributed by atoms with Gasteiger partial charge in [0.05, 0.1) is 33.8 Å².